The van der Waals surface area contributed by atoms with E-state index in [-0.39, 0.29) is 0 Å². The summed E-state index contributed by atoms with van der Waals surface area (Å²) in [5.41, 5.74) is 0. The molecule has 0 aliphatic carbocycles. The van der Waals surface area contributed by atoms with Crippen molar-refractivity contribution in [3.8, 4) is 5.75 Å². The number of nitrogens with zero attached hydrogens (tertiary/aromatic N) is 1. The van der Waals surface area contributed by atoms with Crippen LogP contribution in [0.15, 0.2) is 11.4 Å². The molecule has 0 spiro atoms. The molecule has 0 unspecified atom stereocenters. The van der Waals surface area contributed by atoms with Crippen LogP contribution in [0.25, 0.3) is 0 Å². The molecule has 1 aromatic heterocycles. The first-order chi connectivity index (χ1) is 5.27. The standard InChI is InChI=1S/C6H8N2OS2/c1-9-4-3-7-6(11-2)8-5(4)10/h3H,1-2H3,(H,7,8,10). The van der Waals surface area contributed by atoms with Gasteiger partial charge in [0.1, 0.15) is 4.64 Å². The van der Waals surface area contributed by atoms with Gasteiger partial charge in [0.2, 0.25) is 0 Å². The van der Waals surface area contributed by atoms with Gasteiger partial charge in [0.15, 0.2) is 10.9 Å². The van der Waals surface area contributed by atoms with Gasteiger partial charge in [-0.3, -0.25) is 0 Å². The normalized spacial score (nSPS) is 9.64. The number of aromatic nitrogens is 2. The Morgan fingerprint density at radius 1 is 1.73 bits per heavy atom. The van der Waals surface area contributed by atoms with E-state index in [2.05, 4.69) is 9.97 Å². The van der Waals surface area contributed by atoms with Crippen molar-refractivity contribution in [1.29, 1.82) is 0 Å². The van der Waals surface area contributed by atoms with Crippen molar-refractivity contribution in [3.63, 3.8) is 0 Å². The van der Waals surface area contributed by atoms with Crippen molar-refractivity contribution in [1.82, 2.24) is 9.97 Å². The van der Waals surface area contributed by atoms with Gasteiger partial charge in [-0.1, -0.05) is 24.0 Å². The minimum absolute atomic E-state index is 0.590. The fraction of sp³-hybridized carbons (Fsp3) is 0.333. The van der Waals surface area contributed by atoms with Crippen LogP contribution >= 0.6 is 24.0 Å². The van der Waals surface area contributed by atoms with Gasteiger partial charge < -0.3 is 9.72 Å². The predicted octanol–water partition coefficient (Wildman–Crippen LogP) is 1.87. The molecule has 0 fully saturated rings. The van der Waals surface area contributed by atoms with Gasteiger partial charge in [-0.05, 0) is 6.26 Å². The summed E-state index contributed by atoms with van der Waals surface area (Å²) in [6.07, 6.45) is 3.55. The molecule has 0 aromatic carbocycles. The number of hydrogen-bond donors (Lipinski definition) is 1. The number of aromatic amines is 1. The van der Waals surface area contributed by atoms with Crippen molar-refractivity contribution < 1.29 is 4.74 Å². The van der Waals surface area contributed by atoms with Crippen LogP contribution in [-0.4, -0.2) is 23.3 Å². The summed E-state index contributed by atoms with van der Waals surface area (Å²) in [6, 6.07) is 0. The van der Waals surface area contributed by atoms with E-state index in [1.807, 2.05) is 6.26 Å². The van der Waals surface area contributed by atoms with Gasteiger partial charge in [0.05, 0.1) is 13.3 Å². The smallest absolute Gasteiger partial charge is 0.171 e. The van der Waals surface area contributed by atoms with Gasteiger partial charge >= 0.3 is 0 Å². The Kier molecular flexibility index (Phi) is 2.90. The van der Waals surface area contributed by atoms with Gasteiger partial charge in [-0.25, -0.2) is 4.98 Å². The second-order valence-corrected chi connectivity index (χ2v) is 2.99. The van der Waals surface area contributed by atoms with Crippen LogP contribution in [0.1, 0.15) is 0 Å². The molecule has 11 heavy (non-hydrogen) atoms. The van der Waals surface area contributed by atoms with Crippen LogP contribution < -0.4 is 4.74 Å². The maximum atomic E-state index is 4.97. The molecule has 0 saturated heterocycles. The first-order valence-corrected chi connectivity index (χ1v) is 4.58. The molecule has 0 bridgehead atoms. The highest BCUT2D eigenvalue weighted by Crippen LogP contribution is 2.13. The van der Waals surface area contributed by atoms with Crippen LogP contribution in [0.3, 0.4) is 0 Å². The van der Waals surface area contributed by atoms with Crippen LogP contribution in [0, 0.1) is 4.64 Å². The molecular weight excluding hydrogens is 180 g/mol. The van der Waals surface area contributed by atoms with E-state index in [0.29, 0.717) is 10.4 Å². The first-order valence-electron chi connectivity index (χ1n) is 2.95. The molecular formula is C6H8N2OS2. The third kappa shape index (κ3) is 1.94. The molecule has 1 heterocycles. The molecule has 1 aromatic rings. The predicted molar refractivity (Wildman–Crippen MR) is 47.8 cm³/mol. The monoisotopic (exact) mass is 188 g/mol. The Balaban J connectivity index is 3.10. The van der Waals surface area contributed by atoms with Crippen molar-refractivity contribution in [2.45, 2.75) is 5.16 Å². The maximum Gasteiger partial charge on any atom is 0.171 e. The van der Waals surface area contributed by atoms with E-state index in [0.717, 1.165) is 5.16 Å². The summed E-state index contributed by atoms with van der Waals surface area (Å²) in [6.45, 7) is 0. The number of H-pyrrole nitrogens is 1. The molecule has 0 amide bonds. The van der Waals surface area contributed by atoms with E-state index >= 15 is 0 Å². The average Bonchev–Trinajstić information content (AvgIpc) is 2.04. The van der Waals surface area contributed by atoms with Crippen molar-refractivity contribution in [2.75, 3.05) is 13.4 Å². The fourth-order valence-electron chi connectivity index (χ4n) is 0.616. The molecule has 1 N–H and O–H groups in total. The van der Waals surface area contributed by atoms with Gasteiger partial charge in [-0.2, -0.15) is 0 Å². The largest absolute Gasteiger partial charge is 0.492 e. The molecule has 60 valence electrons. The maximum absolute atomic E-state index is 4.97. The van der Waals surface area contributed by atoms with Crippen LogP contribution in [-0.2, 0) is 0 Å². The summed E-state index contributed by atoms with van der Waals surface area (Å²) in [5.74, 6) is 0.609. The quantitative estimate of drug-likeness (QED) is 0.437. The summed E-state index contributed by atoms with van der Waals surface area (Å²) in [7, 11) is 1.57. The highest BCUT2D eigenvalue weighted by Gasteiger charge is 1.96. The zero-order chi connectivity index (χ0) is 8.27. The van der Waals surface area contributed by atoms with Crippen molar-refractivity contribution in [2.24, 2.45) is 0 Å². The number of nitrogens with one attached hydrogen (secondary N) is 1. The first kappa shape index (κ1) is 8.55. The Hall–Kier alpha value is -0.550. The van der Waals surface area contributed by atoms with E-state index in [1.54, 1.807) is 13.3 Å². The van der Waals surface area contributed by atoms with Crippen LogP contribution in [0.4, 0.5) is 0 Å². The number of methoxy groups -OCH3 is 1. The van der Waals surface area contributed by atoms with E-state index < -0.39 is 0 Å². The molecule has 1 rings (SSSR count). The van der Waals surface area contributed by atoms with E-state index in [4.69, 9.17) is 17.0 Å². The molecule has 5 heteroatoms. The van der Waals surface area contributed by atoms with Gasteiger partial charge in [0.25, 0.3) is 0 Å². The SMILES string of the molecule is COc1cnc(SC)[nH]c1=S. The third-order valence-corrected chi connectivity index (χ3v) is 2.05. The lowest BCUT2D eigenvalue weighted by molar-refractivity contribution is 0.407. The molecule has 3 nitrogen and oxygen atoms in total. The average molecular weight is 188 g/mol. The third-order valence-electron chi connectivity index (χ3n) is 1.16. The van der Waals surface area contributed by atoms with E-state index in [9.17, 15) is 0 Å². The van der Waals surface area contributed by atoms with Crippen LogP contribution in [0.5, 0.6) is 5.75 Å². The second kappa shape index (κ2) is 3.73. The minimum Gasteiger partial charge on any atom is -0.492 e. The summed E-state index contributed by atoms with van der Waals surface area (Å²) in [4.78, 5) is 6.96. The zero-order valence-corrected chi connectivity index (χ0v) is 7.88. The summed E-state index contributed by atoms with van der Waals surface area (Å²) in [5, 5.41) is 0.802. The minimum atomic E-state index is 0.590. The topological polar surface area (TPSA) is 37.9 Å². The Morgan fingerprint density at radius 3 is 2.91 bits per heavy atom. The summed E-state index contributed by atoms with van der Waals surface area (Å²) < 4.78 is 5.53. The lowest BCUT2D eigenvalue weighted by atomic mass is 10.6. The summed E-state index contributed by atoms with van der Waals surface area (Å²) >= 11 is 6.48. The van der Waals surface area contributed by atoms with Crippen molar-refractivity contribution >= 4 is 24.0 Å². The highest BCUT2D eigenvalue weighted by molar-refractivity contribution is 7.98. The number of ether oxygens (including phenoxy) is 1. The fourth-order valence-corrected chi connectivity index (χ4v) is 1.28. The van der Waals surface area contributed by atoms with Crippen LogP contribution in [0.2, 0.25) is 0 Å². The highest BCUT2D eigenvalue weighted by atomic mass is 32.2. The molecule has 0 atom stereocenters. The lowest BCUT2D eigenvalue weighted by Gasteiger charge is -1.99. The number of thioether (sulfide) groups is 1. The van der Waals surface area contributed by atoms with Gasteiger partial charge in [-0.15, -0.1) is 0 Å². The molecule has 0 aliphatic heterocycles. The Bertz CT molecular complexity index is 297. The molecule has 0 aliphatic rings. The second-order valence-electron chi connectivity index (χ2n) is 1.79. The van der Waals surface area contributed by atoms with E-state index in [1.165, 1.54) is 11.8 Å². The van der Waals surface area contributed by atoms with Gasteiger partial charge in [0, 0.05) is 0 Å². The van der Waals surface area contributed by atoms with Crippen molar-refractivity contribution in [3.05, 3.63) is 10.8 Å². The number of rotatable bonds is 2. The molecule has 0 radical (unpaired) electrons. The molecule has 0 saturated carbocycles. The Morgan fingerprint density at radius 2 is 2.45 bits per heavy atom. The zero-order valence-electron chi connectivity index (χ0n) is 6.25. The lowest BCUT2D eigenvalue weighted by Crippen LogP contribution is -1.90. The number of hydrogen-bond acceptors (Lipinski definition) is 4. The Labute approximate surface area is 74.2 Å².